The van der Waals surface area contributed by atoms with Gasteiger partial charge in [-0.1, -0.05) is 0 Å². The number of halogens is 1. The second-order valence-corrected chi connectivity index (χ2v) is 5.72. The summed E-state index contributed by atoms with van der Waals surface area (Å²) in [7, 11) is 1.41. The lowest BCUT2D eigenvalue weighted by molar-refractivity contribution is -0.382. The van der Waals surface area contributed by atoms with Crippen LogP contribution < -0.4 is 21.1 Å². The Morgan fingerprint density at radius 1 is 1.42 bits per heavy atom. The van der Waals surface area contributed by atoms with Crippen molar-refractivity contribution in [2.24, 2.45) is 0 Å². The number of nitrogens with one attached hydrogen (secondary N) is 2. The molecule has 0 bridgehead atoms. The minimum Gasteiger partial charge on any atom is -0.477 e. The van der Waals surface area contributed by atoms with Crippen molar-refractivity contribution in [3.63, 3.8) is 0 Å². The van der Waals surface area contributed by atoms with Crippen LogP contribution >= 0.6 is 0 Å². The van der Waals surface area contributed by atoms with Crippen molar-refractivity contribution in [1.82, 2.24) is 9.99 Å². The van der Waals surface area contributed by atoms with Crippen molar-refractivity contribution in [3.05, 3.63) is 44.0 Å². The van der Waals surface area contributed by atoms with Gasteiger partial charge < -0.3 is 20.7 Å². The molecule has 3 rings (SSSR count). The molecule has 0 aliphatic carbocycles. The van der Waals surface area contributed by atoms with E-state index < -0.39 is 33.4 Å². The first-order valence-electron chi connectivity index (χ1n) is 7.79. The molecular weight excluding hydrogens is 349 g/mol. The minimum atomic E-state index is -1.50. The zero-order valence-electron chi connectivity index (χ0n) is 13.8. The van der Waals surface area contributed by atoms with Crippen molar-refractivity contribution in [2.75, 3.05) is 43.6 Å². The first-order valence-corrected chi connectivity index (χ1v) is 7.79. The number of hydrogen-bond acceptors (Lipinski definition) is 7. The van der Waals surface area contributed by atoms with E-state index in [-0.39, 0.29) is 16.6 Å². The number of anilines is 1. The van der Waals surface area contributed by atoms with E-state index in [2.05, 4.69) is 10.7 Å². The fourth-order valence-corrected chi connectivity index (χ4v) is 3.12. The van der Waals surface area contributed by atoms with Gasteiger partial charge in [0.15, 0.2) is 17.0 Å². The molecule has 1 fully saturated rings. The highest BCUT2D eigenvalue weighted by atomic mass is 19.1. The van der Waals surface area contributed by atoms with E-state index >= 15 is 0 Å². The summed E-state index contributed by atoms with van der Waals surface area (Å²) in [6.07, 6.45) is 0.958. The largest absolute Gasteiger partial charge is 0.477 e. The van der Waals surface area contributed by atoms with Crippen LogP contribution in [0.1, 0.15) is 10.4 Å². The smallest absolute Gasteiger partial charge is 0.341 e. The number of aromatic nitrogens is 1. The molecule has 11 heteroatoms. The predicted molar refractivity (Wildman–Crippen MR) is 92.1 cm³/mol. The molecule has 26 heavy (non-hydrogen) atoms. The Balaban J connectivity index is 2.45. The number of carboxylic acids is 1. The Kier molecular flexibility index (Phi) is 4.47. The molecule has 138 valence electrons. The van der Waals surface area contributed by atoms with Gasteiger partial charge in [0.05, 0.1) is 10.3 Å². The molecule has 0 atom stereocenters. The Morgan fingerprint density at radius 3 is 2.62 bits per heavy atom. The molecule has 1 aromatic carbocycles. The maximum Gasteiger partial charge on any atom is 0.341 e. The highest BCUT2D eigenvalue weighted by Gasteiger charge is 2.32. The van der Waals surface area contributed by atoms with E-state index in [0.29, 0.717) is 26.2 Å². The summed E-state index contributed by atoms with van der Waals surface area (Å²) in [5.41, 5.74) is 0.0306. The van der Waals surface area contributed by atoms with E-state index in [1.54, 1.807) is 4.90 Å². The summed E-state index contributed by atoms with van der Waals surface area (Å²) in [5.74, 6) is -2.44. The highest BCUT2D eigenvalue weighted by Crippen LogP contribution is 2.37. The normalized spacial score (nSPS) is 14.5. The summed E-state index contributed by atoms with van der Waals surface area (Å²) < 4.78 is 15.8. The average Bonchev–Trinajstić information content (AvgIpc) is 2.61. The van der Waals surface area contributed by atoms with Crippen molar-refractivity contribution >= 4 is 28.2 Å². The highest BCUT2D eigenvalue weighted by molar-refractivity contribution is 5.99. The number of carbonyl (C=O) groups is 1. The number of hydrogen-bond donors (Lipinski definition) is 3. The Labute approximate surface area is 145 Å². The lowest BCUT2D eigenvalue weighted by atomic mass is 10.1. The summed E-state index contributed by atoms with van der Waals surface area (Å²) in [5, 5.41) is 23.6. The molecule has 0 amide bonds. The third-order valence-electron chi connectivity index (χ3n) is 4.28. The number of fused-ring (bicyclic) bond motifs is 1. The van der Waals surface area contributed by atoms with E-state index in [9.17, 15) is 24.1 Å². The number of nitro groups is 1. The number of piperazine rings is 1. The summed E-state index contributed by atoms with van der Waals surface area (Å²) in [6, 6.07) is 0.863. The third-order valence-corrected chi connectivity index (χ3v) is 4.28. The molecule has 0 spiro atoms. The molecule has 1 aliphatic rings. The number of carboxylic acid groups (broad SMARTS) is 1. The number of rotatable bonds is 4. The maximum absolute atomic E-state index is 14.8. The van der Waals surface area contributed by atoms with Gasteiger partial charge in [0.1, 0.15) is 5.56 Å². The molecule has 2 heterocycles. The van der Waals surface area contributed by atoms with Gasteiger partial charge >= 0.3 is 11.7 Å². The number of aromatic carboxylic acids is 1. The van der Waals surface area contributed by atoms with E-state index in [1.165, 1.54) is 7.05 Å². The van der Waals surface area contributed by atoms with Crippen LogP contribution in [-0.4, -0.2) is 53.9 Å². The molecule has 0 unspecified atom stereocenters. The third kappa shape index (κ3) is 2.71. The van der Waals surface area contributed by atoms with Crippen molar-refractivity contribution in [2.45, 2.75) is 0 Å². The molecule has 1 aromatic heterocycles. The number of nitro benzene ring substituents is 1. The van der Waals surface area contributed by atoms with Gasteiger partial charge in [-0.2, -0.15) is 0 Å². The first-order chi connectivity index (χ1) is 12.4. The minimum absolute atomic E-state index is 0.178. The fourth-order valence-electron chi connectivity index (χ4n) is 3.12. The van der Waals surface area contributed by atoms with Gasteiger partial charge in [-0.25, -0.2) is 9.18 Å². The van der Waals surface area contributed by atoms with Crippen LogP contribution in [0.3, 0.4) is 0 Å². The Morgan fingerprint density at radius 2 is 2.08 bits per heavy atom. The van der Waals surface area contributed by atoms with Crippen LogP contribution in [0, 0.1) is 15.9 Å². The predicted octanol–water partition coefficient (Wildman–Crippen LogP) is 0.330. The van der Waals surface area contributed by atoms with Gasteiger partial charge in [-0.05, 0) is 6.07 Å². The first kappa shape index (κ1) is 17.6. The average molecular weight is 365 g/mol. The van der Waals surface area contributed by atoms with Gasteiger partial charge in [0, 0.05) is 39.4 Å². The van der Waals surface area contributed by atoms with Gasteiger partial charge in [-0.3, -0.25) is 19.6 Å². The van der Waals surface area contributed by atoms with Gasteiger partial charge in [0.25, 0.3) is 0 Å². The lowest BCUT2D eigenvalue weighted by Crippen LogP contribution is -2.44. The number of benzene rings is 1. The topological polar surface area (TPSA) is 130 Å². The van der Waals surface area contributed by atoms with Crippen molar-refractivity contribution < 1.29 is 19.2 Å². The van der Waals surface area contributed by atoms with Crippen LogP contribution in [0.25, 0.3) is 10.9 Å². The molecule has 0 saturated carbocycles. The zero-order chi connectivity index (χ0) is 19.0. The second-order valence-electron chi connectivity index (χ2n) is 5.72. The molecule has 1 aliphatic heterocycles. The summed E-state index contributed by atoms with van der Waals surface area (Å²) in [4.78, 5) is 36.2. The van der Waals surface area contributed by atoms with Crippen molar-refractivity contribution in [1.29, 1.82) is 0 Å². The van der Waals surface area contributed by atoms with Crippen LogP contribution in [0.15, 0.2) is 17.1 Å². The van der Waals surface area contributed by atoms with E-state index in [0.717, 1.165) is 16.9 Å². The molecule has 2 aromatic rings. The molecule has 3 N–H and O–H groups in total. The summed E-state index contributed by atoms with van der Waals surface area (Å²) in [6.45, 7) is 1.79. The Bertz CT molecular complexity index is 967. The van der Waals surface area contributed by atoms with Gasteiger partial charge in [0.2, 0.25) is 5.43 Å². The van der Waals surface area contributed by atoms with Crippen LogP contribution in [0.4, 0.5) is 15.8 Å². The molecule has 1 saturated heterocycles. The Hall–Kier alpha value is -3.21. The number of pyridine rings is 1. The zero-order valence-corrected chi connectivity index (χ0v) is 13.8. The fraction of sp³-hybridized carbons (Fsp3) is 0.333. The molecule has 10 nitrogen and oxygen atoms in total. The number of nitrogens with zero attached hydrogens (tertiary/aromatic N) is 3. The van der Waals surface area contributed by atoms with Crippen molar-refractivity contribution in [3.8, 4) is 0 Å². The molecule has 0 radical (unpaired) electrons. The standard InChI is InChI=1S/C15H16FN5O5/c1-17-20-7-9(15(23)24)14(22)8-6-10(16)12(13(11(8)20)21(25)26)19-4-2-18-3-5-19/h6-7,17-18H,2-5H2,1H3,(H,23,24). The van der Waals surface area contributed by atoms with E-state index in [4.69, 9.17) is 5.11 Å². The van der Waals surface area contributed by atoms with Crippen LogP contribution in [0.5, 0.6) is 0 Å². The molecular formula is C15H16FN5O5. The SMILES string of the molecule is CNn1cc(C(=O)O)c(=O)c2cc(F)c(N3CCNCC3)c([N+](=O)[O-])c21. The van der Waals surface area contributed by atoms with Crippen LogP contribution in [-0.2, 0) is 0 Å². The monoisotopic (exact) mass is 365 g/mol. The second kappa shape index (κ2) is 6.59. The lowest BCUT2D eigenvalue weighted by Gasteiger charge is -2.29. The van der Waals surface area contributed by atoms with Gasteiger partial charge in [-0.15, -0.1) is 0 Å². The summed E-state index contributed by atoms with van der Waals surface area (Å²) >= 11 is 0. The quantitative estimate of drug-likeness (QED) is 0.522. The van der Waals surface area contributed by atoms with Crippen LogP contribution in [0.2, 0.25) is 0 Å². The van der Waals surface area contributed by atoms with E-state index in [1.807, 2.05) is 0 Å². The maximum atomic E-state index is 14.8.